The second kappa shape index (κ2) is 6.86. The van der Waals surface area contributed by atoms with E-state index in [9.17, 15) is 10.2 Å². The molecule has 2 nitrogen and oxygen atoms in total. The average Bonchev–Trinajstić information content (AvgIpc) is 2.78. The second-order valence-electron chi connectivity index (χ2n) is 6.12. The Kier molecular flexibility index (Phi) is 5.58. The number of aliphatic hydroxyl groups excluding tert-OH is 1. The van der Waals surface area contributed by atoms with Gasteiger partial charge >= 0.3 is 0 Å². The van der Waals surface area contributed by atoms with E-state index in [0.717, 1.165) is 10.0 Å². The van der Waals surface area contributed by atoms with Crippen LogP contribution in [0.3, 0.4) is 0 Å². The van der Waals surface area contributed by atoms with Crippen molar-refractivity contribution in [2.24, 2.45) is 11.8 Å². The third-order valence-electron chi connectivity index (χ3n) is 4.18. The van der Waals surface area contributed by atoms with Crippen molar-refractivity contribution in [2.45, 2.75) is 37.2 Å². The highest BCUT2D eigenvalue weighted by molar-refractivity contribution is 9.11. The summed E-state index contributed by atoms with van der Waals surface area (Å²) >= 11 is 5.09. The van der Waals surface area contributed by atoms with Crippen molar-refractivity contribution in [1.82, 2.24) is 0 Å². The van der Waals surface area contributed by atoms with Crippen LogP contribution in [0.25, 0.3) is 0 Å². The molecule has 0 spiro atoms. The Morgan fingerprint density at radius 3 is 2.57 bits per heavy atom. The van der Waals surface area contributed by atoms with Crippen LogP contribution >= 0.6 is 27.7 Å². The molecule has 1 aliphatic rings. The van der Waals surface area contributed by atoms with Crippen molar-refractivity contribution < 1.29 is 10.2 Å². The van der Waals surface area contributed by atoms with Crippen LogP contribution in [0.2, 0.25) is 0 Å². The van der Waals surface area contributed by atoms with Crippen LogP contribution in [0, 0.1) is 11.8 Å². The summed E-state index contributed by atoms with van der Waals surface area (Å²) in [5.74, 6) is 0.825. The van der Waals surface area contributed by atoms with Crippen LogP contribution in [-0.2, 0) is 5.60 Å². The van der Waals surface area contributed by atoms with Crippen LogP contribution in [0.15, 0.2) is 41.4 Å². The summed E-state index contributed by atoms with van der Waals surface area (Å²) in [6.45, 7) is 8.12. The van der Waals surface area contributed by atoms with Crippen molar-refractivity contribution in [3.63, 3.8) is 0 Å². The van der Waals surface area contributed by atoms with E-state index in [0.29, 0.717) is 18.1 Å². The first-order valence-electron chi connectivity index (χ1n) is 7.27. The summed E-state index contributed by atoms with van der Waals surface area (Å²) in [5.41, 5.74) is -0.0900. The molecule has 0 unspecified atom stereocenters. The maximum atomic E-state index is 11.3. The average molecular weight is 371 g/mol. The topological polar surface area (TPSA) is 40.5 Å². The van der Waals surface area contributed by atoms with Crippen LogP contribution in [0.5, 0.6) is 0 Å². The lowest BCUT2D eigenvalue weighted by Crippen LogP contribution is -2.45. The summed E-state index contributed by atoms with van der Waals surface area (Å²) in [6.07, 6.45) is -0.145. The van der Waals surface area contributed by atoms with Crippen molar-refractivity contribution in [2.75, 3.05) is 5.75 Å². The largest absolute Gasteiger partial charge is 0.392 e. The predicted molar refractivity (Wildman–Crippen MR) is 93.6 cm³/mol. The van der Waals surface area contributed by atoms with E-state index < -0.39 is 11.7 Å². The normalized spacial score (nSPS) is 30.6. The van der Waals surface area contributed by atoms with Crippen LogP contribution in [0.4, 0.5) is 0 Å². The van der Waals surface area contributed by atoms with Crippen molar-refractivity contribution in [1.29, 1.82) is 0 Å². The van der Waals surface area contributed by atoms with Crippen LogP contribution in [0.1, 0.15) is 25.8 Å². The second-order valence-corrected chi connectivity index (χ2v) is 8.41. The Hall–Kier alpha value is -0.290. The Labute approximate surface area is 139 Å². The first kappa shape index (κ1) is 17.1. The zero-order valence-electron chi connectivity index (χ0n) is 12.5. The molecule has 0 bridgehead atoms. The molecule has 4 heteroatoms. The molecule has 0 amide bonds. The minimum Gasteiger partial charge on any atom is -0.392 e. The van der Waals surface area contributed by atoms with Gasteiger partial charge in [-0.15, -0.1) is 0 Å². The number of benzene rings is 1. The number of hydrogen-bond acceptors (Lipinski definition) is 3. The molecule has 1 aromatic rings. The molecule has 1 aromatic carbocycles. The highest BCUT2D eigenvalue weighted by atomic mass is 79.9. The van der Waals surface area contributed by atoms with Gasteiger partial charge in [-0.05, 0) is 16.0 Å². The molecule has 1 aliphatic heterocycles. The van der Waals surface area contributed by atoms with E-state index in [4.69, 9.17) is 0 Å². The molecule has 2 N–H and O–H groups in total. The number of rotatable bonds is 5. The van der Waals surface area contributed by atoms with Gasteiger partial charge in [0, 0.05) is 23.3 Å². The molecule has 2 rings (SSSR count). The number of thioether (sulfide) groups is 1. The van der Waals surface area contributed by atoms with Gasteiger partial charge in [-0.1, -0.05) is 66.7 Å². The first-order valence-corrected chi connectivity index (χ1v) is 9.11. The van der Waals surface area contributed by atoms with Crippen LogP contribution in [-0.4, -0.2) is 27.3 Å². The maximum Gasteiger partial charge on any atom is 0.105 e. The smallest absolute Gasteiger partial charge is 0.105 e. The van der Waals surface area contributed by atoms with E-state index in [-0.39, 0.29) is 11.2 Å². The number of hydrogen-bond donors (Lipinski definition) is 2. The Morgan fingerprint density at radius 1 is 1.43 bits per heavy atom. The van der Waals surface area contributed by atoms with Crippen molar-refractivity contribution >= 4 is 27.7 Å². The Morgan fingerprint density at radius 2 is 2.05 bits per heavy atom. The lowest BCUT2D eigenvalue weighted by Gasteiger charge is -2.37. The number of halogens is 1. The van der Waals surface area contributed by atoms with Gasteiger partial charge in [-0.25, -0.2) is 0 Å². The third-order valence-corrected chi connectivity index (χ3v) is 6.33. The molecule has 1 fully saturated rings. The summed E-state index contributed by atoms with van der Waals surface area (Å²) in [7, 11) is 0. The van der Waals surface area contributed by atoms with E-state index in [1.807, 2.05) is 30.3 Å². The van der Waals surface area contributed by atoms with Gasteiger partial charge in [-0.2, -0.15) is 11.8 Å². The molecule has 1 heterocycles. The molecular weight excluding hydrogens is 348 g/mol. The van der Waals surface area contributed by atoms with E-state index in [2.05, 4.69) is 36.4 Å². The molecule has 1 saturated heterocycles. The Balaban J connectivity index is 2.37. The lowest BCUT2D eigenvalue weighted by molar-refractivity contribution is -0.0562. The van der Waals surface area contributed by atoms with Gasteiger partial charge in [0.15, 0.2) is 0 Å². The van der Waals surface area contributed by atoms with Crippen molar-refractivity contribution in [3.05, 3.63) is 47.0 Å². The summed E-state index contributed by atoms with van der Waals surface area (Å²) in [5, 5.41) is 22.2. The fraction of sp³-hybridized carbons (Fsp3) is 0.529. The van der Waals surface area contributed by atoms with Gasteiger partial charge in [-0.3, -0.25) is 0 Å². The highest BCUT2D eigenvalue weighted by Gasteiger charge is 2.52. The highest BCUT2D eigenvalue weighted by Crippen LogP contribution is 2.51. The van der Waals surface area contributed by atoms with Gasteiger partial charge in [0.25, 0.3) is 0 Å². The van der Waals surface area contributed by atoms with E-state index in [1.54, 1.807) is 11.8 Å². The lowest BCUT2D eigenvalue weighted by atomic mass is 9.74. The van der Waals surface area contributed by atoms with Gasteiger partial charge in [0.2, 0.25) is 0 Å². The van der Waals surface area contributed by atoms with Gasteiger partial charge in [0.1, 0.15) is 5.60 Å². The maximum absolute atomic E-state index is 11.3. The third kappa shape index (κ3) is 3.55. The molecule has 21 heavy (non-hydrogen) atoms. The monoisotopic (exact) mass is 370 g/mol. The SMILES string of the molecule is C=C(Br)C[C@@H](O)[C@@H]1[C@@H](C(C)C)SC[C@@]1(O)c1ccccc1. The first-order chi connectivity index (χ1) is 9.86. The zero-order valence-corrected chi connectivity index (χ0v) is 14.9. The van der Waals surface area contributed by atoms with E-state index >= 15 is 0 Å². The van der Waals surface area contributed by atoms with Gasteiger partial charge < -0.3 is 10.2 Å². The summed E-state index contributed by atoms with van der Waals surface area (Å²) in [4.78, 5) is 0. The molecule has 0 saturated carbocycles. The molecular formula is C17H23BrO2S. The fourth-order valence-corrected chi connectivity index (χ4v) is 5.33. The summed E-state index contributed by atoms with van der Waals surface area (Å²) in [6, 6.07) is 9.72. The molecule has 116 valence electrons. The molecule has 0 aromatic heterocycles. The zero-order chi connectivity index (χ0) is 15.6. The molecule has 0 aliphatic carbocycles. The molecule has 4 atom stereocenters. The quantitative estimate of drug-likeness (QED) is 0.824. The predicted octanol–water partition coefficient (Wildman–Crippen LogP) is 3.92. The van der Waals surface area contributed by atoms with Gasteiger partial charge in [0.05, 0.1) is 6.10 Å². The molecule has 0 radical (unpaired) electrons. The minimum atomic E-state index is -0.983. The standard InChI is InChI=1S/C17H23BrO2S/c1-11(2)16-15(14(19)9-12(3)18)17(20,10-21-16)13-7-5-4-6-8-13/h4-8,11,14-16,19-20H,3,9-10H2,1-2H3/t14-,15-,16-,17-/m1/s1. The Bertz CT molecular complexity index is 491. The van der Waals surface area contributed by atoms with Crippen molar-refractivity contribution in [3.8, 4) is 0 Å². The minimum absolute atomic E-state index is 0.195. The fourth-order valence-electron chi connectivity index (χ4n) is 3.20. The van der Waals surface area contributed by atoms with E-state index in [1.165, 1.54) is 0 Å². The summed E-state index contributed by atoms with van der Waals surface area (Å²) < 4.78 is 0.768. The number of aliphatic hydroxyl groups is 2. The van der Waals surface area contributed by atoms with Crippen LogP contribution < -0.4 is 0 Å².